The third kappa shape index (κ3) is 3.77. The van der Waals surface area contributed by atoms with Crippen LogP contribution in [0.3, 0.4) is 0 Å². The summed E-state index contributed by atoms with van der Waals surface area (Å²) in [5.41, 5.74) is 4.77. The number of amides is 1. The van der Waals surface area contributed by atoms with Gasteiger partial charge in [-0.05, 0) is 39.0 Å². The van der Waals surface area contributed by atoms with Crippen molar-refractivity contribution in [3.63, 3.8) is 0 Å². The fourth-order valence-electron chi connectivity index (χ4n) is 3.77. The summed E-state index contributed by atoms with van der Waals surface area (Å²) in [5.74, 6) is -9.34. The molecule has 0 spiro atoms. The second-order valence-corrected chi connectivity index (χ2v) is 7.26. The first-order valence-corrected chi connectivity index (χ1v) is 8.81. The number of benzene rings is 1. The van der Waals surface area contributed by atoms with Crippen molar-refractivity contribution < 1.29 is 22.8 Å². The van der Waals surface area contributed by atoms with E-state index >= 15 is 8.78 Å². The maximum atomic E-state index is 15.7. The first-order chi connectivity index (χ1) is 12.6. The maximum absolute atomic E-state index is 15.7. The van der Waals surface area contributed by atoms with Gasteiger partial charge in [0.2, 0.25) is 11.7 Å². The Balaban J connectivity index is 1.95. The van der Waals surface area contributed by atoms with Crippen molar-refractivity contribution in [3.05, 3.63) is 47.3 Å². The summed E-state index contributed by atoms with van der Waals surface area (Å²) in [6.07, 6.45) is 0.479. The Bertz CT molecular complexity index is 792. The lowest BCUT2D eigenvalue weighted by molar-refractivity contribution is -0.140. The standard InChI is InChI=1S/C19H22F3N3O2/c1-25-8-6-12(7-9-25)16(26)19(22)11-13(20)10-18(21,24-19)15-5-3-2-4-14(15)17(23)27/h2-5,11-12,24H,6-10H2,1H3,(H2,23,27). The number of likely N-dealkylation sites (tertiary alicyclic amines) is 1. The van der Waals surface area contributed by atoms with Crippen molar-refractivity contribution in [3.8, 4) is 0 Å². The van der Waals surface area contributed by atoms with Crippen LogP contribution >= 0.6 is 0 Å². The van der Waals surface area contributed by atoms with Gasteiger partial charge in [0.25, 0.3) is 0 Å². The molecule has 1 saturated heterocycles. The lowest BCUT2D eigenvalue weighted by Gasteiger charge is -2.40. The number of carbonyl (C=O) groups excluding carboxylic acids is 2. The van der Waals surface area contributed by atoms with Crippen molar-refractivity contribution in [1.29, 1.82) is 0 Å². The first kappa shape index (κ1) is 19.6. The number of nitrogens with one attached hydrogen (secondary N) is 1. The summed E-state index contributed by atoms with van der Waals surface area (Å²) in [6.45, 7) is 1.20. The van der Waals surface area contributed by atoms with Gasteiger partial charge in [0.1, 0.15) is 5.83 Å². The van der Waals surface area contributed by atoms with Crippen LogP contribution in [0.5, 0.6) is 0 Å². The highest BCUT2D eigenvalue weighted by Crippen LogP contribution is 2.41. The number of piperidine rings is 1. The molecule has 1 fully saturated rings. The number of primary amides is 1. The van der Waals surface area contributed by atoms with E-state index in [4.69, 9.17) is 5.73 Å². The van der Waals surface area contributed by atoms with E-state index in [-0.39, 0.29) is 11.1 Å². The molecule has 3 N–H and O–H groups in total. The molecule has 2 aliphatic rings. The van der Waals surface area contributed by atoms with Crippen molar-refractivity contribution in [2.75, 3.05) is 20.1 Å². The van der Waals surface area contributed by atoms with Crippen molar-refractivity contribution >= 4 is 11.7 Å². The Hall–Kier alpha value is -2.19. The molecular formula is C19H22F3N3O2. The van der Waals surface area contributed by atoms with Gasteiger partial charge in [-0.15, -0.1) is 0 Å². The van der Waals surface area contributed by atoms with E-state index in [1.165, 1.54) is 24.3 Å². The third-order valence-corrected chi connectivity index (χ3v) is 5.22. The number of carbonyl (C=O) groups is 2. The van der Waals surface area contributed by atoms with E-state index in [2.05, 4.69) is 0 Å². The molecule has 146 valence electrons. The van der Waals surface area contributed by atoms with Crippen molar-refractivity contribution in [2.45, 2.75) is 30.8 Å². The molecule has 0 bridgehead atoms. The molecule has 2 unspecified atom stereocenters. The lowest BCUT2D eigenvalue weighted by Crippen LogP contribution is -2.60. The summed E-state index contributed by atoms with van der Waals surface area (Å²) in [7, 11) is 1.89. The first-order valence-electron chi connectivity index (χ1n) is 8.81. The van der Waals surface area contributed by atoms with Crippen LogP contribution in [0.25, 0.3) is 0 Å². The van der Waals surface area contributed by atoms with E-state index < -0.39 is 41.4 Å². The molecule has 1 aromatic rings. The van der Waals surface area contributed by atoms with Crippen LogP contribution in [0.15, 0.2) is 36.2 Å². The van der Waals surface area contributed by atoms with Gasteiger partial charge in [-0.2, -0.15) is 0 Å². The number of nitrogens with two attached hydrogens (primary N) is 1. The highest BCUT2D eigenvalue weighted by Gasteiger charge is 2.52. The van der Waals surface area contributed by atoms with Gasteiger partial charge in [-0.1, -0.05) is 18.2 Å². The molecule has 0 radical (unpaired) electrons. The normalized spacial score (nSPS) is 30.0. The Morgan fingerprint density at radius 2 is 1.85 bits per heavy atom. The molecule has 2 heterocycles. The summed E-state index contributed by atoms with van der Waals surface area (Å²) in [4.78, 5) is 26.4. The molecule has 0 aromatic heterocycles. The van der Waals surface area contributed by atoms with E-state index in [1.54, 1.807) is 0 Å². The SMILES string of the molecule is CN1CCC(C(=O)C2(F)C=C(F)CC(F)(c3ccccc3C(N)=O)N2)CC1. The van der Waals surface area contributed by atoms with Crippen LogP contribution in [0.2, 0.25) is 0 Å². The number of hydrogen-bond acceptors (Lipinski definition) is 4. The number of alkyl halides is 2. The molecule has 1 amide bonds. The Kier molecular flexibility index (Phi) is 5.14. The summed E-state index contributed by atoms with van der Waals surface area (Å²) >= 11 is 0. The molecular weight excluding hydrogens is 359 g/mol. The molecule has 27 heavy (non-hydrogen) atoms. The average molecular weight is 381 g/mol. The average Bonchev–Trinajstić information content (AvgIpc) is 2.60. The number of halogens is 3. The Morgan fingerprint density at radius 1 is 1.22 bits per heavy atom. The second-order valence-electron chi connectivity index (χ2n) is 7.26. The summed E-state index contributed by atoms with van der Waals surface area (Å²) < 4.78 is 45.4. The molecule has 3 rings (SSSR count). The molecule has 0 aliphatic carbocycles. The zero-order valence-corrected chi connectivity index (χ0v) is 15.0. The fraction of sp³-hybridized carbons (Fsp3) is 0.474. The molecule has 1 aromatic carbocycles. The highest BCUT2D eigenvalue weighted by molar-refractivity contribution is 5.95. The molecule has 2 atom stereocenters. The van der Waals surface area contributed by atoms with Crippen LogP contribution < -0.4 is 11.1 Å². The van der Waals surface area contributed by atoms with Crippen LogP contribution in [-0.4, -0.2) is 42.5 Å². The fourth-order valence-corrected chi connectivity index (χ4v) is 3.77. The molecule has 0 saturated carbocycles. The number of hydrogen-bond donors (Lipinski definition) is 2. The van der Waals surface area contributed by atoms with Gasteiger partial charge in [0, 0.05) is 23.1 Å². The zero-order chi connectivity index (χ0) is 19.8. The number of rotatable bonds is 4. The van der Waals surface area contributed by atoms with Crippen LogP contribution in [0.4, 0.5) is 13.2 Å². The van der Waals surface area contributed by atoms with Crippen LogP contribution in [0, 0.1) is 5.92 Å². The largest absolute Gasteiger partial charge is 0.366 e. The van der Waals surface area contributed by atoms with Gasteiger partial charge >= 0.3 is 0 Å². The topological polar surface area (TPSA) is 75.4 Å². The van der Waals surface area contributed by atoms with Gasteiger partial charge in [0.15, 0.2) is 11.6 Å². The Labute approximate surface area is 155 Å². The predicted molar refractivity (Wildman–Crippen MR) is 93.8 cm³/mol. The quantitative estimate of drug-likeness (QED) is 0.785. The number of nitrogens with zero attached hydrogens (tertiary/aromatic N) is 1. The molecule has 5 nitrogen and oxygen atoms in total. The van der Waals surface area contributed by atoms with E-state index in [0.29, 0.717) is 32.0 Å². The van der Waals surface area contributed by atoms with Crippen LogP contribution in [-0.2, 0) is 10.6 Å². The lowest BCUT2D eigenvalue weighted by atomic mass is 9.83. The predicted octanol–water partition coefficient (Wildman–Crippen LogP) is 2.33. The summed E-state index contributed by atoms with van der Waals surface area (Å²) in [5, 5.41) is 2.04. The van der Waals surface area contributed by atoms with Crippen molar-refractivity contribution in [2.24, 2.45) is 11.7 Å². The van der Waals surface area contributed by atoms with Gasteiger partial charge in [-0.3, -0.25) is 9.59 Å². The van der Waals surface area contributed by atoms with E-state index in [0.717, 1.165) is 0 Å². The number of ketones is 1. The van der Waals surface area contributed by atoms with E-state index in [9.17, 15) is 14.0 Å². The van der Waals surface area contributed by atoms with Gasteiger partial charge < -0.3 is 10.6 Å². The summed E-state index contributed by atoms with van der Waals surface area (Å²) in [6, 6.07) is 5.40. The minimum Gasteiger partial charge on any atom is -0.366 e. The van der Waals surface area contributed by atoms with Gasteiger partial charge in [0.05, 0.1) is 6.42 Å². The monoisotopic (exact) mass is 381 g/mol. The minimum atomic E-state index is -3.00. The maximum Gasteiger partial charge on any atom is 0.249 e. The van der Waals surface area contributed by atoms with Crippen molar-refractivity contribution in [1.82, 2.24) is 10.2 Å². The molecule has 8 heteroatoms. The molecule has 2 aliphatic heterocycles. The van der Waals surface area contributed by atoms with E-state index in [1.807, 2.05) is 17.3 Å². The number of Topliss-reactive ketones (excluding diaryl/α,β-unsaturated/α-hetero) is 1. The second kappa shape index (κ2) is 7.09. The smallest absolute Gasteiger partial charge is 0.249 e. The minimum absolute atomic E-state index is 0.198. The third-order valence-electron chi connectivity index (χ3n) is 5.22. The van der Waals surface area contributed by atoms with Gasteiger partial charge in [-0.25, -0.2) is 18.5 Å². The zero-order valence-electron chi connectivity index (χ0n) is 15.0. The van der Waals surface area contributed by atoms with Crippen LogP contribution in [0.1, 0.15) is 35.2 Å². The highest BCUT2D eigenvalue weighted by atomic mass is 19.2. The Morgan fingerprint density at radius 3 is 2.48 bits per heavy atom.